The van der Waals surface area contributed by atoms with Crippen molar-refractivity contribution in [2.45, 2.75) is 19.1 Å². The van der Waals surface area contributed by atoms with Gasteiger partial charge in [-0.2, -0.15) is 0 Å². The Balaban J connectivity index is 2.66. The SMILES string of the molecule is COCC(N)C(CO)Oc1ccccc1C. The van der Waals surface area contributed by atoms with Crippen molar-refractivity contribution in [3.63, 3.8) is 0 Å². The molecule has 0 fully saturated rings. The van der Waals surface area contributed by atoms with Crippen LogP contribution in [0.5, 0.6) is 5.75 Å². The average molecular weight is 225 g/mol. The van der Waals surface area contributed by atoms with Crippen molar-refractivity contribution in [1.29, 1.82) is 0 Å². The number of aliphatic hydroxyl groups excluding tert-OH is 1. The Morgan fingerprint density at radius 1 is 1.38 bits per heavy atom. The lowest BCUT2D eigenvalue weighted by atomic mass is 10.2. The molecule has 0 amide bonds. The third kappa shape index (κ3) is 3.48. The summed E-state index contributed by atoms with van der Waals surface area (Å²) >= 11 is 0. The van der Waals surface area contributed by atoms with Gasteiger partial charge in [0.1, 0.15) is 11.9 Å². The van der Waals surface area contributed by atoms with Gasteiger partial charge in [0, 0.05) is 7.11 Å². The van der Waals surface area contributed by atoms with Gasteiger partial charge in [-0.05, 0) is 18.6 Å². The molecule has 0 saturated carbocycles. The number of hydrogen-bond acceptors (Lipinski definition) is 4. The molecule has 0 aliphatic heterocycles. The Morgan fingerprint density at radius 2 is 2.06 bits per heavy atom. The van der Waals surface area contributed by atoms with E-state index in [0.717, 1.165) is 11.3 Å². The van der Waals surface area contributed by atoms with Crippen LogP contribution in [0, 0.1) is 6.92 Å². The second-order valence-electron chi connectivity index (χ2n) is 3.72. The van der Waals surface area contributed by atoms with Crippen molar-refractivity contribution < 1.29 is 14.6 Å². The number of nitrogens with two attached hydrogens (primary N) is 1. The first-order valence-electron chi connectivity index (χ1n) is 5.26. The number of rotatable bonds is 6. The van der Waals surface area contributed by atoms with Crippen LogP contribution in [-0.4, -0.2) is 37.6 Å². The molecule has 0 aliphatic carbocycles. The highest BCUT2D eigenvalue weighted by molar-refractivity contribution is 5.32. The first-order chi connectivity index (χ1) is 7.69. The summed E-state index contributed by atoms with van der Waals surface area (Å²) < 4.78 is 10.6. The van der Waals surface area contributed by atoms with Crippen LogP contribution in [0.3, 0.4) is 0 Å². The fourth-order valence-electron chi connectivity index (χ4n) is 1.41. The lowest BCUT2D eigenvalue weighted by molar-refractivity contribution is 0.0601. The summed E-state index contributed by atoms with van der Waals surface area (Å²) in [5.74, 6) is 0.744. The van der Waals surface area contributed by atoms with Crippen molar-refractivity contribution in [2.24, 2.45) is 5.73 Å². The van der Waals surface area contributed by atoms with E-state index in [1.54, 1.807) is 7.11 Å². The topological polar surface area (TPSA) is 64.7 Å². The van der Waals surface area contributed by atoms with E-state index in [-0.39, 0.29) is 12.6 Å². The molecule has 0 spiro atoms. The van der Waals surface area contributed by atoms with Gasteiger partial charge in [-0.1, -0.05) is 18.2 Å². The molecule has 90 valence electrons. The average Bonchev–Trinajstić information content (AvgIpc) is 2.28. The minimum absolute atomic E-state index is 0.126. The zero-order valence-corrected chi connectivity index (χ0v) is 9.72. The normalized spacial score (nSPS) is 14.5. The van der Waals surface area contributed by atoms with Crippen LogP contribution in [0.2, 0.25) is 0 Å². The van der Waals surface area contributed by atoms with E-state index in [4.69, 9.17) is 15.2 Å². The smallest absolute Gasteiger partial charge is 0.139 e. The first kappa shape index (κ1) is 13.0. The molecular weight excluding hydrogens is 206 g/mol. The third-order valence-corrected chi connectivity index (χ3v) is 2.39. The highest BCUT2D eigenvalue weighted by Crippen LogP contribution is 2.18. The lowest BCUT2D eigenvalue weighted by Crippen LogP contribution is -2.44. The Labute approximate surface area is 96.0 Å². The molecule has 0 aliphatic rings. The van der Waals surface area contributed by atoms with E-state index in [0.29, 0.717) is 6.61 Å². The van der Waals surface area contributed by atoms with Crippen molar-refractivity contribution >= 4 is 0 Å². The molecule has 3 N–H and O–H groups in total. The maximum atomic E-state index is 9.21. The van der Waals surface area contributed by atoms with Crippen molar-refractivity contribution in [2.75, 3.05) is 20.3 Å². The van der Waals surface area contributed by atoms with Gasteiger partial charge in [-0.3, -0.25) is 0 Å². The summed E-state index contributed by atoms with van der Waals surface area (Å²) in [7, 11) is 1.57. The lowest BCUT2D eigenvalue weighted by Gasteiger charge is -2.23. The fraction of sp³-hybridized carbons (Fsp3) is 0.500. The van der Waals surface area contributed by atoms with Crippen molar-refractivity contribution in [3.05, 3.63) is 29.8 Å². The molecule has 0 heterocycles. The van der Waals surface area contributed by atoms with Crippen molar-refractivity contribution in [3.8, 4) is 5.75 Å². The van der Waals surface area contributed by atoms with Gasteiger partial charge >= 0.3 is 0 Å². The summed E-state index contributed by atoms with van der Waals surface area (Å²) in [5.41, 5.74) is 6.85. The molecule has 2 unspecified atom stereocenters. The van der Waals surface area contributed by atoms with E-state index in [9.17, 15) is 5.11 Å². The number of aliphatic hydroxyl groups is 1. The molecule has 0 radical (unpaired) electrons. The summed E-state index contributed by atoms with van der Waals surface area (Å²) in [6.07, 6.45) is -0.443. The monoisotopic (exact) mass is 225 g/mol. The van der Waals surface area contributed by atoms with E-state index in [1.165, 1.54) is 0 Å². The fourth-order valence-corrected chi connectivity index (χ4v) is 1.41. The predicted octanol–water partition coefficient (Wildman–Crippen LogP) is 0.708. The number of ether oxygens (including phenoxy) is 2. The third-order valence-electron chi connectivity index (χ3n) is 2.39. The Morgan fingerprint density at radius 3 is 2.62 bits per heavy atom. The zero-order chi connectivity index (χ0) is 12.0. The number of hydrogen-bond donors (Lipinski definition) is 2. The minimum Gasteiger partial charge on any atom is -0.486 e. The molecule has 0 aromatic heterocycles. The summed E-state index contributed by atoms with van der Waals surface area (Å²) in [6, 6.07) is 7.29. The van der Waals surface area contributed by atoms with Crippen LogP contribution in [0.1, 0.15) is 5.56 Å². The van der Waals surface area contributed by atoms with Crippen LogP contribution in [0.4, 0.5) is 0 Å². The Kier molecular flexibility index (Phi) is 5.25. The predicted molar refractivity (Wildman–Crippen MR) is 62.5 cm³/mol. The Hall–Kier alpha value is -1.10. The molecular formula is C12H19NO3. The molecule has 4 heteroatoms. The van der Waals surface area contributed by atoms with Gasteiger partial charge in [0.25, 0.3) is 0 Å². The molecule has 0 saturated heterocycles. The van der Waals surface area contributed by atoms with Gasteiger partial charge in [0.05, 0.1) is 19.3 Å². The minimum atomic E-state index is -0.443. The van der Waals surface area contributed by atoms with E-state index < -0.39 is 6.10 Å². The number of aryl methyl sites for hydroxylation is 1. The standard InChI is InChI=1S/C12H19NO3/c1-9-5-3-4-6-11(9)16-12(7-14)10(13)8-15-2/h3-6,10,12,14H,7-8,13H2,1-2H3. The maximum Gasteiger partial charge on any atom is 0.139 e. The molecule has 1 aromatic carbocycles. The van der Waals surface area contributed by atoms with Gasteiger partial charge in [-0.25, -0.2) is 0 Å². The van der Waals surface area contributed by atoms with Gasteiger partial charge < -0.3 is 20.3 Å². The number of benzene rings is 1. The zero-order valence-electron chi connectivity index (χ0n) is 9.72. The summed E-state index contributed by atoms with van der Waals surface area (Å²) in [6.45, 7) is 2.18. The number of para-hydroxylation sites is 1. The van der Waals surface area contributed by atoms with Gasteiger partial charge in [0.15, 0.2) is 0 Å². The van der Waals surface area contributed by atoms with Crippen LogP contribution < -0.4 is 10.5 Å². The highest BCUT2D eigenvalue weighted by atomic mass is 16.5. The van der Waals surface area contributed by atoms with Crippen LogP contribution in [0.25, 0.3) is 0 Å². The van der Waals surface area contributed by atoms with E-state index in [1.807, 2.05) is 31.2 Å². The second-order valence-corrected chi connectivity index (χ2v) is 3.72. The molecule has 0 bridgehead atoms. The maximum absolute atomic E-state index is 9.21. The van der Waals surface area contributed by atoms with E-state index >= 15 is 0 Å². The molecule has 2 atom stereocenters. The highest BCUT2D eigenvalue weighted by Gasteiger charge is 2.19. The largest absolute Gasteiger partial charge is 0.486 e. The van der Waals surface area contributed by atoms with Gasteiger partial charge in [-0.15, -0.1) is 0 Å². The molecule has 16 heavy (non-hydrogen) atoms. The number of methoxy groups -OCH3 is 1. The van der Waals surface area contributed by atoms with Crippen molar-refractivity contribution in [1.82, 2.24) is 0 Å². The van der Waals surface area contributed by atoms with Gasteiger partial charge in [0.2, 0.25) is 0 Å². The summed E-state index contributed by atoms with van der Waals surface area (Å²) in [5, 5.41) is 9.21. The molecule has 1 aromatic rings. The van der Waals surface area contributed by atoms with E-state index in [2.05, 4.69) is 0 Å². The second kappa shape index (κ2) is 6.48. The quantitative estimate of drug-likeness (QED) is 0.748. The first-order valence-corrected chi connectivity index (χ1v) is 5.26. The summed E-state index contributed by atoms with van der Waals surface area (Å²) in [4.78, 5) is 0. The van der Waals surface area contributed by atoms with Crippen LogP contribution in [-0.2, 0) is 4.74 Å². The molecule has 1 rings (SSSR count). The van der Waals surface area contributed by atoms with Crippen LogP contribution >= 0.6 is 0 Å². The Bertz CT molecular complexity index is 317. The van der Waals surface area contributed by atoms with Crippen LogP contribution in [0.15, 0.2) is 24.3 Å². The molecule has 4 nitrogen and oxygen atoms in total.